The van der Waals surface area contributed by atoms with Gasteiger partial charge in [0.15, 0.2) is 37.2 Å². The first-order valence-corrected chi connectivity index (χ1v) is 17.3. The van der Waals surface area contributed by atoms with Crippen molar-refractivity contribution in [3.8, 4) is 0 Å². The van der Waals surface area contributed by atoms with Crippen molar-refractivity contribution in [1.29, 1.82) is 0 Å². The minimum atomic E-state index is 0. The zero-order chi connectivity index (χ0) is 35.3. The Labute approximate surface area is 368 Å². The first-order chi connectivity index (χ1) is 25.4. The summed E-state index contributed by atoms with van der Waals surface area (Å²) in [6.07, 6.45) is 33.3. The number of pyridine rings is 3. The fraction of sp³-hybridized carbons (Fsp3) is 0.0909. The number of hydrogen-bond donors (Lipinski definition) is 0. The van der Waals surface area contributed by atoms with Gasteiger partial charge in [-0.15, -0.1) is 11.4 Å². The summed E-state index contributed by atoms with van der Waals surface area (Å²) >= 11 is 0. The van der Waals surface area contributed by atoms with E-state index in [-0.39, 0.29) is 66.7 Å². The summed E-state index contributed by atoms with van der Waals surface area (Å²) in [5.74, 6) is 0. The van der Waals surface area contributed by atoms with E-state index in [1.807, 2.05) is 46.8 Å². The molecule has 13 heteroatoms. The molecule has 0 aliphatic carbocycles. The maximum atomic E-state index is 5.35. The van der Waals surface area contributed by atoms with E-state index in [4.69, 9.17) is 20.0 Å². The van der Waals surface area contributed by atoms with Crippen molar-refractivity contribution in [2.24, 2.45) is 36.1 Å². The molecule has 4 aromatic rings. The average Bonchev–Trinajstić information content (AvgIpc) is 3.99. The fourth-order valence-electron chi connectivity index (χ4n) is 6.94. The maximum Gasteiger partial charge on any atom is 2.00 e. The average molecular weight is 874 g/mol. The summed E-state index contributed by atoms with van der Waals surface area (Å²) in [5, 5.41) is 0. The standard InChI is InChI=1S/C44H36N8.4ClH.Fe/c1-49-21-13-29(14-22-49)41-33-5-7-35(45-33)42(30-15-23-50(2)24-16-30)37-9-11-39(47-37)44(32-19-27-52(4)28-20-32)40-12-10-38(48-40)43(36-8-6-34(41)46-36)31-17-25-51(3)26-18-31;;;;;/h5-28H,1-4H3;4*1H;/q+2;;;;;+2/p-4. The summed E-state index contributed by atoms with van der Waals surface area (Å²) in [6, 6.07) is 16.9. The molecule has 0 saturated heterocycles. The summed E-state index contributed by atoms with van der Waals surface area (Å²) < 4.78 is 6.11. The Bertz CT molecular complexity index is 2560. The minimum absolute atomic E-state index is 0. The predicted octanol–water partition coefficient (Wildman–Crippen LogP) is -6.62. The van der Waals surface area contributed by atoms with Gasteiger partial charge in [0.25, 0.3) is 0 Å². The van der Waals surface area contributed by atoms with Crippen LogP contribution >= 0.6 is 0 Å². The van der Waals surface area contributed by atoms with Crippen LogP contribution < -0.4 is 68.3 Å². The Balaban J connectivity index is 0.00000144. The molecule has 0 saturated carbocycles. The molecule has 8 bridgehead atoms. The monoisotopic (exact) mass is 872 g/mol. The number of halogens is 4. The number of allylic oxidation sites excluding steroid dienone is 11. The molecule has 0 fully saturated rings. The molecule has 0 radical (unpaired) electrons. The van der Waals surface area contributed by atoms with Crippen LogP contribution in [0, 0.1) is 0 Å². The van der Waals surface area contributed by atoms with Crippen molar-refractivity contribution in [1.82, 2.24) is 9.88 Å². The maximum absolute atomic E-state index is 5.35. The first kappa shape index (κ1) is 44.6. The molecule has 9 heterocycles. The predicted molar refractivity (Wildman–Crippen MR) is 204 cm³/mol. The SMILES string of the molecule is CN1C=CC(=C2C3=NC(=C(c4cc[n+](C)cc4)C4=NC(=C(c5cc[n+](C)cc5)c5ccc([n-]5)C(c5cc[n+](C)cc5)=C5C=CC2=N5)C=C4)C=C3)C=C1.[Cl-].[Cl-].[Cl-].[Cl-].[Fe+2]. The van der Waals surface area contributed by atoms with Gasteiger partial charge < -0.3 is 59.5 Å². The van der Waals surface area contributed by atoms with Crippen molar-refractivity contribution >= 4 is 33.9 Å². The second-order valence-corrected chi connectivity index (χ2v) is 13.4. The van der Waals surface area contributed by atoms with Crippen molar-refractivity contribution in [2.45, 2.75) is 0 Å². The fourth-order valence-corrected chi connectivity index (χ4v) is 6.94. The van der Waals surface area contributed by atoms with Crippen molar-refractivity contribution in [2.75, 3.05) is 7.05 Å². The Morgan fingerprint density at radius 3 is 1.16 bits per heavy atom. The van der Waals surface area contributed by atoms with E-state index in [1.165, 1.54) is 0 Å². The quantitative estimate of drug-likeness (QED) is 0.152. The van der Waals surface area contributed by atoms with Crippen LogP contribution in [0.2, 0.25) is 0 Å². The molecular weight excluding hydrogens is 838 g/mol. The van der Waals surface area contributed by atoms with Gasteiger partial charge in [-0.3, -0.25) is 0 Å². The van der Waals surface area contributed by atoms with Gasteiger partial charge in [0.05, 0.1) is 34.2 Å². The normalized spacial score (nSPS) is 16.1. The van der Waals surface area contributed by atoms with Gasteiger partial charge in [-0.1, -0.05) is 12.1 Å². The van der Waals surface area contributed by atoms with Crippen LogP contribution in [0.3, 0.4) is 0 Å². The molecule has 5 aliphatic rings. The van der Waals surface area contributed by atoms with Gasteiger partial charge in [0, 0.05) is 67.0 Å². The number of aliphatic imine (C=N–C) groups is 3. The molecule has 9 rings (SSSR count). The molecular formula is C44H36Cl4FeN8. The zero-order valence-corrected chi connectivity index (χ0v) is 35.4. The Hall–Kier alpha value is -5.12. The summed E-state index contributed by atoms with van der Waals surface area (Å²) in [5.41, 5.74) is 14.7. The molecule has 57 heavy (non-hydrogen) atoms. The summed E-state index contributed by atoms with van der Waals surface area (Å²) in [6.45, 7) is 0. The van der Waals surface area contributed by atoms with Gasteiger partial charge in [-0.2, -0.15) is 0 Å². The Kier molecular flexibility index (Phi) is 14.4. The number of aromatic nitrogens is 4. The van der Waals surface area contributed by atoms with Crippen molar-refractivity contribution < 1.29 is 80.4 Å². The number of hydrogen-bond acceptors (Lipinski definition) is 4. The van der Waals surface area contributed by atoms with Crippen LogP contribution in [-0.4, -0.2) is 29.1 Å². The van der Waals surface area contributed by atoms with Gasteiger partial charge >= 0.3 is 17.1 Å². The third-order valence-electron chi connectivity index (χ3n) is 9.68. The van der Waals surface area contributed by atoms with Crippen LogP contribution in [0.25, 0.3) is 16.7 Å². The largest absolute Gasteiger partial charge is 2.00 e. The molecule has 4 aromatic heterocycles. The van der Waals surface area contributed by atoms with Crippen molar-refractivity contribution in [3.63, 3.8) is 0 Å². The molecule has 0 aromatic carbocycles. The van der Waals surface area contributed by atoms with Crippen LogP contribution in [-0.2, 0) is 38.2 Å². The second-order valence-electron chi connectivity index (χ2n) is 13.4. The Morgan fingerprint density at radius 2 is 0.772 bits per heavy atom. The molecule has 0 unspecified atom stereocenters. The molecule has 0 atom stereocenters. The van der Waals surface area contributed by atoms with Crippen LogP contribution in [0.4, 0.5) is 0 Å². The number of aryl methyl sites for hydroxylation is 3. The first-order valence-electron chi connectivity index (χ1n) is 17.3. The van der Waals surface area contributed by atoms with Gasteiger partial charge in [0.1, 0.15) is 21.1 Å². The number of nitrogens with zero attached hydrogens (tertiary/aromatic N) is 8. The van der Waals surface area contributed by atoms with E-state index in [9.17, 15) is 0 Å². The summed E-state index contributed by atoms with van der Waals surface area (Å²) in [4.78, 5) is 23.4. The van der Waals surface area contributed by atoms with Crippen LogP contribution in [0.15, 0.2) is 190 Å². The third kappa shape index (κ3) is 8.60. The van der Waals surface area contributed by atoms with E-state index >= 15 is 0 Å². The second kappa shape index (κ2) is 18.4. The topological polar surface area (TPSA) is 66.1 Å². The van der Waals surface area contributed by atoms with Gasteiger partial charge in [0.2, 0.25) is 0 Å². The minimum Gasteiger partial charge on any atom is -1.00 e. The number of rotatable bonds is 3. The van der Waals surface area contributed by atoms with E-state index in [1.54, 1.807) is 0 Å². The van der Waals surface area contributed by atoms with E-state index < -0.39 is 0 Å². The van der Waals surface area contributed by atoms with Gasteiger partial charge in [-0.05, 0) is 82.0 Å². The molecule has 5 aliphatic heterocycles. The van der Waals surface area contributed by atoms with Crippen LogP contribution in [0.5, 0.6) is 0 Å². The van der Waals surface area contributed by atoms with E-state index in [0.29, 0.717) is 0 Å². The van der Waals surface area contributed by atoms with E-state index in [0.717, 1.165) is 90.2 Å². The third-order valence-corrected chi connectivity index (χ3v) is 9.68. The number of fused-ring (bicyclic) bond motifs is 5. The zero-order valence-electron chi connectivity index (χ0n) is 31.3. The Morgan fingerprint density at radius 1 is 0.439 bits per heavy atom. The molecule has 0 amide bonds. The molecule has 288 valence electrons. The van der Waals surface area contributed by atoms with Crippen LogP contribution in [0.1, 0.15) is 28.1 Å². The molecule has 8 nitrogen and oxygen atoms in total. The van der Waals surface area contributed by atoms with Gasteiger partial charge in [-0.25, -0.2) is 28.7 Å². The van der Waals surface area contributed by atoms with Crippen molar-refractivity contribution in [3.05, 3.63) is 203 Å². The summed E-state index contributed by atoms with van der Waals surface area (Å²) in [7, 11) is 8.10. The molecule has 0 N–H and O–H groups in total. The van der Waals surface area contributed by atoms with E-state index in [2.05, 4.69) is 147 Å². The smallest absolute Gasteiger partial charge is 1.00 e. The molecule has 0 spiro atoms.